The number of rotatable bonds is 6. The van der Waals surface area contributed by atoms with E-state index in [0.717, 1.165) is 23.9 Å². The van der Waals surface area contributed by atoms with Gasteiger partial charge in [0.05, 0.1) is 10.4 Å². The van der Waals surface area contributed by atoms with E-state index in [9.17, 15) is 14.9 Å². The van der Waals surface area contributed by atoms with Crippen molar-refractivity contribution in [2.45, 2.75) is 19.3 Å². The molecule has 0 unspecified atom stereocenters. The number of nitrogens with one attached hydrogen (secondary N) is 1. The number of carbonyl (C=O) groups is 1. The molecule has 1 N–H and O–H groups in total. The molecule has 126 valence electrons. The molecule has 1 fully saturated rings. The molecule has 0 radical (unpaired) electrons. The topological polar surface area (TPSA) is 88.4 Å². The number of benzene rings is 1. The van der Waals surface area contributed by atoms with E-state index in [1.54, 1.807) is 0 Å². The Morgan fingerprint density at radius 2 is 2.25 bits per heavy atom. The Balaban J connectivity index is 1.75. The number of likely N-dealkylation sites (tertiary alicyclic amines) is 1. The minimum atomic E-state index is -0.430. The summed E-state index contributed by atoms with van der Waals surface area (Å²) in [6.07, 6.45) is 3.56. The van der Waals surface area contributed by atoms with Crippen molar-refractivity contribution in [2.24, 2.45) is 0 Å². The highest BCUT2D eigenvalue weighted by molar-refractivity contribution is 9.10. The van der Waals surface area contributed by atoms with Crippen LogP contribution in [-0.2, 0) is 4.79 Å². The van der Waals surface area contributed by atoms with Gasteiger partial charge in [0, 0.05) is 35.9 Å². The summed E-state index contributed by atoms with van der Waals surface area (Å²) in [5.74, 6) is 0.195. The van der Waals surface area contributed by atoms with E-state index in [0.29, 0.717) is 36.1 Å². The first-order chi connectivity index (χ1) is 11.6. The molecule has 24 heavy (non-hydrogen) atoms. The summed E-state index contributed by atoms with van der Waals surface area (Å²) in [6, 6.07) is 5.47. The van der Waals surface area contributed by atoms with E-state index < -0.39 is 4.92 Å². The van der Waals surface area contributed by atoms with Crippen LogP contribution in [0.5, 0.6) is 0 Å². The summed E-state index contributed by atoms with van der Waals surface area (Å²) in [6.45, 7) is 2.04. The normalized spacial score (nSPS) is 14.4. The van der Waals surface area contributed by atoms with Gasteiger partial charge >= 0.3 is 5.69 Å². The molecular formula is C16H17BrN4O3. The summed E-state index contributed by atoms with van der Waals surface area (Å²) in [5, 5.41) is 15.2. The Hall–Kier alpha value is -2.22. The van der Waals surface area contributed by atoms with E-state index in [2.05, 4.69) is 26.2 Å². The number of fused-ring (bicyclic) bond motifs is 1. The van der Waals surface area contributed by atoms with Crippen LogP contribution in [0.25, 0.3) is 10.9 Å². The molecule has 7 nitrogen and oxygen atoms in total. The fourth-order valence-electron chi connectivity index (χ4n) is 2.90. The molecule has 1 aliphatic heterocycles. The Bertz CT molecular complexity index is 796. The third kappa shape index (κ3) is 3.48. The summed E-state index contributed by atoms with van der Waals surface area (Å²) < 4.78 is 0.870. The molecule has 2 heterocycles. The van der Waals surface area contributed by atoms with Crippen molar-refractivity contribution in [1.29, 1.82) is 0 Å². The maximum Gasteiger partial charge on any atom is 0.311 e. The number of halogens is 1. The van der Waals surface area contributed by atoms with Gasteiger partial charge in [-0.1, -0.05) is 15.9 Å². The van der Waals surface area contributed by atoms with Crippen molar-refractivity contribution < 1.29 is 9.72 Å². The number of pyridine rings is 1. The van der Waals surface area contributed by atoms with Crippen LogP contribution in [0.3, 0.4) is 0 Å². The van der Waals surface area contributed by atoms with Gasteiger partial charge in [0.15, 0.2) is 0 Å². The molecule has 0 aliphatic carbocycles. The summed E-state index contributed by atoms with van der Waals surface area (Å²) in [4.78, 5) is 28.4. The number of aromatic nitrogens is 1. The highest BCUT2D eigenvalue weighted by atomic mass is 79.9. The average molecular weight is 393 g/mol. The zero-order chi connectivity index (χ0) is 17.1. The van der Waals surface area contributed by atoms with Gasteiger partial charge in [0.2, 0.25) is 5.91 Å². The highest BCUT2D eigenvalue weighted by Crippen LogP contribution is 2.32. The maximum atomic E-state index is 11.6. The predicted molar refractivity (Wildman–Crippen MR) is 95.0 cm³/mol. The average Bonchev–Trinajstić information content (AvgIpc) is 2.96. The maximum absolute atomic E-state index is 11.6. The standard InChI is InChI=1S/C16H17BrN4O3/c17-11-4-5-12-13(9-11)19-10-14(21(23)24)16(12)18-6-2-8-20-7-1-3-15(20)22/h4-5,9-10H,1-3,6-8H2,(H,18,19). The Morgan fingerprint density at radius 3 is 2.96 bits per heavy atom. The molecule has 0 saturated carbocycles. The SMILES string of the molecule is O=C1CCCN1CCCNc1c([N+](=O)[O-])cnc2cc(Br)ccc12. The third-order valence-corrected chi connectivity index (χ3v) is 4.58. The van der Waals surface area contributed by atoms with Gasteiger partial charge in [0.25, 0.3) is 0 Å². The molecule has 0 spiro atoms. The second kappa shape index (κ2) is 7.12. The van der Waals surface area contributed by atoms with Crippen LogP contribution in [0, 0.1) is 10.1 Å². The van der Waals surface area contributed by atoms with Crippen molar-refractivity contribution in [1.82, 2.24) is 9.88 Å². The molecule has 8 heteroatoms. The Labute approximate surface area is 147 Å². The van der Waals surface area contributed by atoms with Crippen molar-refractivity contribution in [3.63, 3.8) is 0 Å². The predicted octanol–water partition coefficient (Wildman–Crippen LogP) is 3.33. The third-order valence-electron chi connectivity index (χ3n) is 4.09. The quantitative estimate of drug-likeness (QED) is 0.462. The van der Waals surface area contributed by atoms with Crippen LogP contribution in [0.15, 0.2) is 28.9 Å². The molecule has 1 saturated heterocycles. The van der Waals surface area contributed by atoms with Crippen molar-refractivity contribution >= 4 is 44.1 Å². The molecule has 0 atom stereocenters. The van der Waals surface area contributed by atoms with Crippen molar-refractivity contribution in [3.05, 3.63) is 39.0 Å². The fourth-order valence-corrected chi connectivity index (χ4v) is 3.25. The van der Waals surface area contributed by atoms with Crippen LogP contribution in [0.1, 0.15) is 19.3 Å². The summed E-state index contributed by atoms with van der Waals surface area (Å²) in [7, 11) is 0. The fraction of sp³-hybridized carbons (Fsp3) is 0.375. The lowest BCUT2D eigenvalue weighted by Gasteiger charge is -2.16. The van der Waals surface area contributed by atoms with Crippen LogP contribution < -0.4 is 5.32 Å². The van der Waals surface area contributed by atoms with Crippen LogP contribution >= 0.6 is 15.9 Å². The van der Waals surface area contributed by atoms with Gasteiger partial charge in [-0.25, -0.2) is 4.98 Å². The monoisotopic (exact) mass is 392 g/mol. The molecule has 1 aromatic heterocycles. The van der Waals surface area contributed by atoms with Crippen LogP contribution in [-0.4, -0.2) is 40.3 Å². The molecule has 1 aromatic carbocycles. The summed E-state index contributed by atoms with van der Waals surface area (Å²) in [5.41, 5.74) is 1.12. The first-order valence-electron chi connectivity index (χ1n) is 7.80. The van der Waals surface area contributed by atoms with Gasteiger partial charge in [-0.3, -0.25) is 14.9 Å². The minimum Gasteiger partial charge on any atom is -0.379 e. The van der Waals surface area contributed by atoms with E-state index >= 15 is 0 Å². The summed E-state index contributed by atoms with van der Waals surface area (Å²) >= 11 is 3.38. The first-order valence-corrected chi connectivity index (χ1v) is 8.60. The number of nitro groups is 1. The van der Waals surface area contributed by atoms with Crippen molar-refractivity contribution in [3.8, 4) is 0 Å². The van der Waals surface area contributed by atoms with Crippen molar-refractivity contribution in [2.75, 3.05) is 25.0 Å². The lowest BCUT2D eigenvalue weighted by atomic mass is 10.1. The molecular weight excluding hydrogens is 376 g/mol. The van der Waals surface area contributed by atoms with E-state index in [1.807, 2.05) is 23.1 Å². The highest BCUT2D eigenvalue weighted by Gasteiger charge is 2.20. The molecule has 2 aromatic rings. The smallest absolute Gasteiger partial charge is 0.311 e. The second-order valence-corrected chi connectivity index (χ2v) is 6.62. The first kappa shape index (κ1) is 16.6. The van der Waals surface area contributed by atoms with E-state index in [-0.39, 0.29) is 11.6 Å². The van der Waals surface area contributed by atoms with Gasteiger partial charge in [-0.2, -0.15) is 0 Å². The van der Waals surface area contributed by atoms with Gasteiger partial charge < -0.3 is 10.2 Å². The van der Waals surface area contributed by atoms with Gasteiger partial charge in [-0.05, 0) is 31.0 Å². The zero-order valence-corrected chi connectivity index (χ0v) is 14.6. The lowest BCUT2D eigenvalue weighted by Crippen LogP contribution is -2.27. The number of anilines is 1. The Morgan fingerprint density at radius 1 is 1.42 bits per heavy atom. The number of hydrogen-bond donors (Lipinski definition) is 1. The van der Waals surface area contributed by atoms with E-state index in [1.165, 1.54) is 6.20 Å². The van der Waals surface area contributed by atoms with Gasteiger partial charge in [-0.15, -0.1) is 0 Å². The number of hydrogen-bond acceptors (Lipinski definition) is 5. The Kier molecular flexibility index (Phi) is 4.94. The largest absolute Gasteiger partial charge is 0.379 e. The number of nitrogens with zero attached hydrogens (tertiary/aromatic N) is 3. The lowest BCUT2D eigenvalue weighted by molar-refractivity contribution is -0.384. The molecule has 3 rings (SSSR count). The zero-order valence-electron chi connectivity index (χ0n) is 13.0. The number of carbonyl (C=O) groups excluding carboxylic acids is 1. The van der Waals surface area contributed by atoms with Crippen LogP contribution in [0.2, 0.25) is 0 Å². The van der Waals surface area contributed by atoms with E-state index in [4.69, 9.17) is 0 Å². The van der Waals surface area contributed by atoms with Crippen LogP contribution in [0.4, 0.5) is 11.4 Å². The minimum absolute atomic E-state index is 0.0397. The number of amides is 1. The van der Waals surface area contributed by atoms with Gasteiger partial charge in [0.1, 0.15) is 11.9 Å². The second-order valence-electron chi connectivity index (χ2n) is 5.70. The molecule has 1 amide bonds. The molecule has 0 bridgehead atoms. The molecule has 1 aliphatic rings.